The van der Waals surface area contributed by atoms with Crippen LogP contribution in [0.15, 0.2) is 33.6 Å². The summed E-state index contributed by atoms with van der Waals surface area (Å²) in [6, 6.07) is 6.85. The lowest BCUT2D eigenvalue weighted by molar-refractivity contribution is 0.427. The molecule has 0 bridgehead atoms. The highest BCUT2D eigenvalue weighted by Gasteiger charge is 2.16. The van der Waals surface area contributed by atoms with Crippen molar-refractivity contribution in [3.05, 3.63) is 41.6 Å². The van der Waals surface area contributed by atoms with E-state index in [1.54, 1.807) is 12.1 Å². The summed E-state index contributed by atoms with van der Waals surface area (Å²) < 4.78 is 32.3. The van der Waals surface area contributed by atoms with Gasteiger partial charge in [0.15, 0.2) is 0 Å². The maximum Gasteiger partial charge on any atom is 0.241 e. The number of sulfonamides is 1. The average Bonchev–Trinajstić information content (AvgIpc) is 2.94. The Morgan fingerprint density at radius 3 is 2.18 bits per heavy atom. The van der Waals surface area contributed by atoms with Crippen LogP contribution in [0.25, 0.3) is 0 Å². The maximum absolute atomic E-state index is 12.2. The highest BCUT2D eigenvalue weighted by molar-refractivity contribution is 7.89. The second-order valence-corrected chi connectivity index (χ2v) is 7.50. The van der Waals surface area contributed by atoms with E-state index < -0.39 is 10.0 Å². The molecule has 0 radical (unpaired) electrons. The van der Waals surface area contributed by atoms with E-state index in [9.17, 15) is 8.42 Å². The molecule has 0 amide bonds. The minimum atomic E-state index is -3.59. The van der Waals surface area contributed by atoms with Gasteiger partial charge in [-0.3, -0.25) is 0 Å². The van der Waals surface area contributed by atoms with Crippen molar-refractivity contribution in [1.29, 1.82) is 0 Å². The van der Waals surface area contributed by atoms with E-state index in [1.165, 1.54) is 0 Å². The average molecular weight is 323 g/mol. The van der Waals surface area contributed by atoms with Crippen molar-refractivity contribution in [3.63, 3.8) is 0 Å². The van der Waals surface area contributed by atoms with Crippen LogP contribution in [0.2, 0.25) is 0 Å². The monoisotopic (exact) mass is 323 g/mol. The van der Waals surface area contributed by atoms with Gasteiger partial charge in [0, 0.05) is 5.92 Å². The Bertz CT molecular complexity index is 719. The van der Waals surface area contributed by atoms with Crippen LogP contribution in [0.1, 0.15) is 56.9 Å². The first kappa shape index (κ1) is 16.6. The van der Waals surface area contributed by atoms with Gasteiger partial charge >= 0.3 is 0 Å². The first-order valence-electron chi connectivity index (χ1n) is 7.21. The summed E-state index contributed by atoms with van der Waals surface area (Å²) in [6.07, 6.45) is 0. The molecule has 2 aromatic rings. The quantitative estimate of drug-likeness (QED) is 0.883. The number of rotatable bonds is 6. The van der Waals surface area contributed by atoms with Crippen molar-refractivity contribution in [2.45, 2.75) is 51.0 Å². The Hall–Kier alpha value is -1.73. The van der Waals surface area contributed by atoms with Crippen LogP contribution in [0, 0.1) is 0 Å². The van der Waals surface area contributed by atoms with Crippen molar-refractivity contribution in [2.75, 3.05) is 0 Å². The van der Waals surface area contributed by atoms with Gasteiger partial charge in [-0.1, -0.05) is 39.8 Å². The molecule has 1 aromatic heterocycles. The molecular weight excluding hydrogens is 302 g/mol. The van der Waals surface area contributed by atoms with Gasteiger partial charge in [0.25, 0.3) is 0 Å². The van der Waals surface area contributed by atoms with Gasteiger partial charge in [0.2, 0.25) is 21.8 Å². The lowest BCUT2D eigenvalue weighted by Crippen LogP contribution is -2.23. The molecule has 0 fully saturated rings. The van der Waals surface area contributed by atoms with E-state index in [4.69, 9.17) is 4.42 Å². The Morgan fingerprint density at radius 2 is 1.68 bits per heavy atom. The van der Waals surface area contributed by atoms with Crippen LogP contribution in [-0.4, -0.2) is 18.6 Å². The lowest BCUT2D eigenvalue weighted by atomic mass is 10.0. The third-order valence-electron chi connectivity index (χ3n) is 3.25. The van der Waals surface area contributed by atoms with Gasteiger partial charge < -0.3 is 4.42 Å². The molecule has 2 rings (SSSR count). The molecule has 120 valence electrons. The SMILES string of the molecule is CC(C)c1ccc(S(=O)(=O)NCc2nnc(C(C)C)o2)cc1. The number of nitrogens with zero attached hydrogens (tertiary/aromatic N) is 2. The summed E-state index contributed by atoms with van der Waals surface area (Å²) in [5, 5.41) is 7.70. The fraction of sp³-hybridized carbons (Fsp3) is 0.467. The molecule has 1 heterocycles. The number of benzene rings is 1. The minimum Gasteiger partial charge on any atom is -0.424 e. The van der Waals surface area contributed by atoms with E-state index in [-0.39, 0.29) is 23.2 Å². The van der Waals surface area contributed by atoms with Gasteiger partial charge in [-0.25, -0.2) is 13.1 Å². The zero-order chi connectivity index (χ0) is 16.3. The van der Waals surface area contributed by atoms with E-state index in [1.807, 2.05) is 26.0 Å². The first-order valence-corrected chi connectivity index (χ1v) is 8.70. The van der Waals surface area contributed by atoms with Crippen LogP contribution in [-0.2, 0) is 16.6 Å². The molecule has 1 N–H and O–H groups in total. The van der Waals surface area contributed by atoms with Crippen molar-refractivity contribution in [3.8, 4) is 0 Å². The van der Waals surface area contributed by atoms with Crippen LogP contribution >= 0.6 is 0 Å². The van der Waals surface area contributed by atoms with Crippen LogP contribution in [0.3, 0.4) is 0 Å². The highest BCUT2D eigenvalue weighted by Crippen LogP contribution is 2.17. The molecular formula is C15H21N3O3S. The van der Waals surface area contributed by atoms with Gasteiger partial charge in [0.1, 0.15) is 0 Å². The third-order valence-corrected chi connectivity index (χ3v) is 4.66. The summed E-state index contributed by atoms with van der Waals surface area (Å²) in [7, 11) is -3.59. The normalized spacial score (nSPS) is 12.3. The van der Waals surface area contributed by atoms with E-state index in [0.717, 1.165) is 5.56 Å². The molecule has 22 heavy (non-hydrogen) atoms. The van der Waals surface area contributed by atoms with Gasteiger partial charge in [0.05, 0.1) is 11.4 Å². The predicted octanol–water partition coefficient (Wildman–Crippen LogP) is 2.79. The van der Waals surface area contributed by atoms with Gasteiger partial charge in [-0.05, 0) is 23.6 Å². The van der Waals surface area contributed by atoms with E-state index in [2.05, 4.69) is 28.8 Å². The topological polar surface area (TPSA) is 85.1 Å². The van der Waals surface area contributed by atoms with Crippen molar-refractivity contribution >= 4 is 10.0 Å². The maximum atomic E-state index is 12.2. The van der Waals surface area contributed by atoms with Gasteiger partial charge in [-0.15, -0.1) is 10.2 Å². The number of nitrogens with one attached hydrogen (secondary N) is 1. The van der Waals surface area contributed by atoms with Crippen LogP contribution < -0.4 is 4.72 Å². The molecule has 0 aliphatic heterocycles. The van der Waals surface area contributed by atoms with E-state index >= 15 is 0 Å². The second kappa shape index (κ2) is 6.58. The summed E-state index contributed by atoms with van der Waals surface area (Å²) in [6.45, 7) is 7.96. The standard InChI is InChI=1S/C15H21N3O3S/c1-10(2)12-5-7-13(8-6-12)22(19,20)16-9-14-17-18-15(21-14)11(3)4/h5-8,10-11,16H,9H2,1-4H3. The zero-order valence-electron chi connectivity index (χ0n) is 13.2. The second-order valence-electron chi connectivity index (χ2n) is 5.74. The first-order chi connectivity index (χ1) is 10.3. The smallest absolute Gasteiger partial charge is 0.241 e. The zero-order valence-corrected chi connectivity index (χ0v) is 14.0. The molecule has 7 heteroatoms. The predicted molar refractivity (Wildman–Crippen MR) is 82.9 cm³/mol. The molecule has 0 saturated carbocycles. The minimum absolute atomic E-state index is 0.0199. The number of hydrogen-bond donors (Lipinski definition) is 1. The molecule has 6 nitrogen and oxygen atoms in total. The summed E-state index contributed by atoms with van der Waals surface area (Å²) in [5.74, 6) is 1.22. The summed E-state index contributed by atoms with van der Waals surface area (Å²) in [4.78, 5) is 0.223. The molecule has 0 aliphatic rings. The van der Waals surface area contributed by atoms with Crippen molar-refractivity contribution in [2.24, 2.45) is 0 Å². The van der Waals surface area contributed by atoms with E-state index in [0.29, 0.717) is 11.8 Å². The molecule has 0 saturated heterocycles. The van der Waals surface area contributed by atoms with Crippen LogP contribution in [0.5, 0.6) is 0 Å². The third kappa shape index (κ3) is 3.92. The number of hydrogen-bond acceptors (Lipinski definition) is 5. The Kier molecular flexibility index (Phi) is 4.97. The van der Waals surface area contributed by atoms with Crippen LogP contribution in [0.4, 0.5) is 0 Å². The fourth-order valence-corrected chi connectivity index (χ4v) is 2.82. The Labute approximate surface area is 131 Å². The summed E-state index contributed by atoms with van der Waals surface area (Å²) in [5.41, 5.74) is 1.09. The largest absolute Gasteiger partial charge is 0.424 e. The van der Waals surface area contributed by atoms with Crippen molar-refractivity contribution in [1.82, 2.24) is 14.9 Å². The molecule has 0 aliphatic carbocycles. The highest BCUT2D eigenvalue weighted by atomic mass is 32.2. The van der Waals surface area contributed by atoms with Gasteiger partial charge in [-0.2, -0.15) is 0 Å². The number of aromatic nitrogens is 2. The molecule has 0 spiro atoms. The molecule has 1 aromatic carbocycles. The lowest BCUT2D eigenvalue weighted by Gasteiger charge is -2.08. The molecule has 0 unspecified atom stereocenters. The Morgan fingerprint density at radius 1 is 1.05 bits per heavy atom. The van der Waals surface area contributed by atoms with Crippen molar-refractivity contribution < 1.29 is 12.8 Å². The molecule has 0 atom stereocenters. The Balaban J connectivity index is 2.07. The fourth-order valence-electron chi connectivity index (χ4n) is 1.84. The summed E-state index contributed by atoms with van der Waals surface area (Å²) >= 11 is 0.